The molecule has 1 N–H and O–H groups in total. The minimum Gasteiger partial charge on any atom is -0.480 e. The number of carboxylic acids is 1. The van der Waals surface area contributed by atoms with Crippen LogP contribution in [-0.4, -0.2) is 40.8 Å². The van der Waals surface area contributed by atoms with Gasteiger partial charge >= 0.3 is 12.1 Å². The lowest BCUT2D eigenvalue weighted by molar-refractivity contribution is -0.138. The van der Waals surface area contributed by atoms with E-state index < -0.39 is 24.2 Å². The van der Waals surface area contributed by atoms with Crippen molar-refractivity contribution in [3.63, 3.8) is 0 Å². The number of amides is 1. The van der Waals surface area contributed by atoms with Gasteiger partial charge in [-0.05, 0) is 26.8 Å². The molecule has 0 radical (unpaired) electrons. The van der Waals surface area contributed by atoms with Gasteiger partial charge in [-0.15, -0.1) is 0 Å². The number of hydrogen-bond acceptors (Lipinski definition) is 3. The van der Waals surface area contributed by atoms with Gasteiger partial charge in [0.05, 0.1) is 6.54 Å². The quantitative estimate of drug-likeness (QED) is 0.800. The van der Waals surface area contributed by atoms with Gasteiger partial charge in [-0.2, -0.15) is 0 Å². The molecule has 5 nitrogen and oxygen atoms in total. The van der Waals surface area contributed by atoms with E-state index in [0.717, 1.165) is 4.90 Å². The van der Waals surface area contributed by atoms with Crippen LogP contribution in [0.1, 0.15) is 20.8 Å². The normalized spacial score (nSPS) is 10.7. The Morgan fingerprint density at radius 3 is 2.50 bits per heavy atom. The molecule has 0 aliphatic rings. The Labute approximate surface area is 111 Å². The molecule has 0 aliphatic heterocycles. The zero-order valence-corrected chi connectivity index (χ0v) is 11.3. The van der Waals surface area contributed by atoms with Gasteiger partial charge in [0, 0.05) is 5.54 Å². The van der Waals surface area contributed by atoms with Crippen LogP contribution >= 0.6 is 11.6 Å². The molecule has 0 bridgehead atoms. The van der Waals surface area contributed by atoms with Gasteiger partial charge in [-0.3, -0.25) is 9.69 Å². The summed E-state index contributed by atoms with van der Waals surface area (Å²) in [6, 6.07) is 0. The van der Waals surface area contributed by atoms with Crippen LogP contribution in [0.2, 0.25) is 0 Å². The SMILES string of the molecule is CC(C)(C)OC(=O)N(CC#C/C=C\Cl)CC(=O)O. The predicted molar refractivity (Wildman–Crippen MR) is 68.2 cm³/mol. The highest BCUT2D eigenvalue weighted by Gasteiger charge is 2.23. The van der Waals surface area contributed by atoms with E-state index in [1.165, 1.54) is 11.6 Å². The Balaban J connectivity index is 4.63. The zero-order valence-electron chi connectivity index (χ0n) is 10.6. The van der Waals surface area contributed by atoms with Crippen LogP contribution in [0, 0.1) is 11.8 Å². The van der Waals surface area contributed by atoms with E-state index in [2.05, 4.69) is 11.8 Å². The number of nitrogens with zero attached hydrogens (tertiary/aromatic N) is 1. The second-order valence-corrected chi connectivity index (χ2v) is 4.60. The molecule has 0 atom stereocenters. The maximum atomic E-state index is 11.7. The molecular weight excluding hydrogens is 258 g/mol. The number of rotatable bonds is 3. The summed E-state index contributed by atoms with van der Waals surface area (Å²) in [6.45, 7) is 4.60. The van der Waals surface area contributed by atoms with Crippen LogP contribution in [-0.2, 0) is 9.53 Å². The topological polar surface area (TPSA) is 66.8 Å². The number of carbonyl (C=O) groups is 2. The molecule has 0 heterocycles. The first kappa shape index (κ1) is 16.3. The Kier molecular flexibility index (Phi) is 6.91. The average Bonchev–Trinajstić information content (AvgIpc) is 2.19. The number of carbonyl (C=O) groups excluding carboxylic acids is 1. The molecule has 0 fully saturated rings. The lowest BCUT2D eigenvalue weighted by Gasteiger charge is -2.25. The van der Waals surface area contributed by atoms with Crippen molar-refractivity contribution in [3.8, 4) is 11.8 Å². The van der Waals surface area contributed by atoms with Gasteiger partial charge in [0.2, 0.25) is 0 Å². The molecule has 6 heteroatoms. The second kappa shape index (κ2) is 7.62. The van der Waals surface area contributed by atoms with E-state index in [1.807, 2.05) is 0 Å². The first-order valence-electron chi connectivity index (χ1n) is 5.19. The Morgan fingerprint density at radius 2 is 2.06 bits per heavy atom. The molecule has 0 aliphatic carbocycles. The molecule has 1 amide bonds. The van der Waals surface area contributed by atoms with Crippen LogP contribution in [0.4, 0.5) is 4.79 Å². The molecule has 0 rings (SSSR count). The summed E-state index contributed by atoms with van der Waals surface area (Å²) < 4.78 is 5.07. The summed E-state index contributed by atoms with van der Waals surface area (Å²) in [5.74, 6) is 4.02. The van der Waals surface area contributed by atoms with Gasteiger partial charge < -0.3 is 9.84 Å². The molecule has 0 spiro atoms. The molecule has 0 aromatic rings. The molecule has 0 saturated carbocycles. The highest BCUT2D eigenvalue weighted by Crippen LogP contribution is 2.09. The number of aliphatic carboxylic acids is 1. The van der Waals surface area contributed by atoms with Crippen molar-refractivity contribution in [2.75, 3.05) is 13.1 Å². The third-order valence-corrected chi connectivity index (χ3v) is 1.62. The Hall–Kier alpha value is -1.67. The summed E-state index contributed by atoms with van der Waals surface area (Å²) >= 11 is 5.27. The highest BCUT2D eigenvalue weighted by atomic mass is 35.5. The number of hydrogen-bond donors (Lipinski definition) is 1. The number of halogens is 1. The van der Waals surface area contributed by atoms with E-state index >= 15 is 0 Å². The minimum absolute atomic E-state index is 0.0392. The lowest BCUT2D eigenvalue weighted by atomic mass is 10.2. The summed E-state index contributed by atoms with van der Waals surface area (Å²) in [5, 5.41) is 8.70. The smallest absolute Gasteiger partial charge is 0.411 e. The maximum absolute atomic E-state index is 11.7. The van der Waals surface area contributed by atoms with Crippen LogP contribution < -0.4 is 0 Å². The molecule has 0 saturated heterocycles. The third-order valence-electron chi connectivity index (χ3n) is 1.50. The zero-order chi connectivity index (χ0) is 14.2. The number of allylic oxidation sites excluding steroid dienone is 1. The average molecular weight is 274 g/mol. The summed E-state index contributed by atoms with van der Waals surface area (Å²) in [7, 11) is 0. The van der Waals surface area contributed by atoms with Gasteiger partial charge in [-0.25, -0.2) is 4.79 Å². The van der Waals surface area contributed by atoms with Crippen molar-refractivity contribution in [2.24, 2.45) is 0 Å². The predicted octanol–water partition coefficient (Wildman–Crippen LogP) is 2.06. The van der Waals surface area contributed by atoms with Crippen molar-refractivity contribution < 1.29 is 19.4 Å². The van der Waals surface area contributed by atoms with Crippen molar-refractivity contribution >= 4 is 23.7 Å². The first-order chi connectivity index (χ1) is 8.26. The fourth-order valence-corrected chi connectivity index (χ4v) is 0.969. The van der Waals surface area contributed by atoms with Crippen molar-refractivity contribution in [1.82, 2.24) is 4.90 Å². The van der Waals surface area contributed by atoms with E-state index in [9.17, 15) is 9.59 Å². The Morgan fingerprint density at radius 1 is 1.44 bits per heavy atom. The summed E-state index contributed by atoms with van der Waals surface area (Å²) in [5.41, 5.74) is 0.541. The van der Waals surface area contributed by atoms with Crippen molar-refractivity contribution in [3.05, 3.63) is 11.6 Å². The van der Waals surface area contributed by atoms with Crippen molar-refractivity contribution in [1.29, 1.82) is 0 Å². The fraction of sp³-hybridized carbons (Fsp3) is 0.500. The lowest BCUT2D eigenvalue weighted by Crippen LogP contribution is -2.40. The highest BCUT2D eigenvalue weighted by molar-refractivity contribution is 6.25. The standard InChI is InChI=1S/C12H16ClNO4/c1-12(2,3)18-11(17)14(9-10(15)16)8-6-4-5-7-13/h5,7H,8-9H2,1-3H3,(H,15,16)/b7-5-. The molecule has 0 aromatic heterocycles. The fourth-order valence-electron chi connectivity index (χ4n) is 0.906. The Bertz CT molecular complexity index is 387. The second-order valence-electron chi connectivity index (χ2n) is 4.34. The maximum Gasteiger partial charge on any atom is 0.411 e. The molecular formula is C12H16ClNO4. The van der Waals surface area contributed by atoms with Crippen LogP contribution in [0.3, 0.4) is 0 Å². The van der Waals surface area contributed by atoms with E-state index in [0.29, 0.717) is 0 Å². The number of ether oxygens (including phenoxy) is 1. The van der Waals surface area contributed by atoms with Gasteiger partial charge in [0.25, 0.3) is 0 Å². The van der Waals surface area contributed by atoms with Gasteiger partial charge in [0.1, 0.15) is 12.1 Å². The van der Waals surface area contributed by atoms with Crippen LogP contribution in [0.25, 0.3) is 0 Å². The first-order valence-corrected chi connectivity index (χ1v) is 5.63. The largest absolute Gasteiger partial charge is 0.480 e. The molecule has 0 unspecified atom stereocenters. The van der Waals surface area contributed by atoms with Crippen LogP contribution in [0.15, 0.2) is 11.6 Å². The van der Waals surface area contributed by atoms with E-state index in [4.69, 9.17) is 21.4 Å². The monoisotopic (exact) mass is 273 g/mol. The van der Waals surface area contributed by atoms with E-state index in [1.54, 1.807) is 20.8 Å². The number of carboxylic acid groups (broad SMARTS) is 1. The minimum atomic E-state index is -1.13. The third kappa shape index (κ3) is 8.48. The summed E-state index contributed by atoms with van der Waals surface area (Å²) in [4.78, 5) is 23.3. The van der Waals surface area contributed by atoms with Crippen LogP contribution in [0.5, 0.6) is 0 Å². The molecule has 100 valence electrons. The molecule has 18 heavy (non-hydrogen) atoms. The van der Waals surface area contributed by atoms with Gasteiger partial charge in [-0.1, -0.05) is 23.4 Å². The van der Waals surface area contributed by atoms with Gasteiger partial charge in [0.15, 0.2) is 0 Å². The van der Waals surface area contributed by atoms with Crippen molar-refractivity contribution in [2.45, 2.75) is 26.4 Å². The molecule has 0 aromatic carbocycles. The summed E-state index contributed by atoms with van der Waals surface area (Å²) in [6.07, 6.45) is 0.671. The van der Waals surface area contributed by atoms with E-state index in [-0.39, 0.29) is 6.54 Å².